The molecule has 104 valence electrons. The SMILES string of the molecule is COc1cc(OC)cc(C(=O)Nc2ccc(Cl)cc2)c1. The second-order valence-electron chi connectivity index (χ2n) is 4.06. The van der Waals surface area contributed by atoms with Gasteiger partial charge in [0, 0.05) is 22.3 Å². The molecule has 0 saturated carbocycles. The molecular weight excluding hydrogens is 278 g/mol. The Balaban J connectivity index is 2.22. The van der Waals surface area contributed by atoms with Crippen molar-refractivity contribution in [1.29, 1.82) is 0 Å². The molecule has 0 radical (unpaired) electrons. The first-order valence-corrected chi connectivity index (χ1v) is 6.30. The quantitative estimate of drug-likeness (QED) is 0.936. The highest BCUT2D eigenvalue weighted by molar-refractivity contribution is 6.30. The minimum atomic E-state index is -0.246. The van der Waals surface area contributed by atoms with E-state index in [0.717, 1.165) is 0 Å². The number of nitrogens with one attached hydrogen (secondary N) is 1. The van der Waals surface area contributed by atoms with Crippen LogP contribution in [0.15, 0.2) is 42.5 Å². The molecule has 5 heteroatoms. The van der Waals surface area contributed by atoms with Gasteiger partial charge in [-0.25, -0.2) is 0 Å². The first-order chi connectivity index (χ1) is 9.62. The van der Waals surface area contributed by atoms with E-state index in [1.807, 2.05) is 0 Å². The van der Waals surface area contributed by atoms with Gasteiger partial charge in [0.2, 0.25) is 0 Å². The lowest BCUT2D eigenvalue weighted by Gasteiger charge is -2.09. The van der Waals surface area contributed by atoms with E-state index in [-0.39, 0.29) is 5.91 Å². The van der Waals surface area contributed by atoms with Gasteiger partial charge in [0.05, 0.1) is 14.2 Å². The minimum Gasteiger partial charge on any atom is -0.497 e. The van der Waals surface area contributed by atoms with Crippen LogP contribution >= 0.6 is 11.6 Å². The fourth-order valence-corrected chi connectivity index (χ4v) is 1.80. The summed E-state index contributed by atoms with van der Waals surface area (Å²) >= 11 is 5.80. The van der Waals surface area contributed by atoms with E-state index in [9.17, 15) is 4.79 Å². The van der Waals surface area contributed by atoms with Crippen LogP contribution in [0.1, 0.15) is 10.4 Å². The molecule has 4 nitrogen and oxygen atoms in total. The summed E-state index contributed by atoms with van der Waals surface area (Å²) in [5.41, 5.74) is 1.12. The van der Waals surface area contributed by atoms with Crippen LogP contribution in [-0.4, -0.2) is 20.1 Å². The predicted octanol–water partition coefficient (Wildman–Crippen LogP) is 3.61. The van der Waals surface area contributed by atoms with Crippen LogP contribution in [0.25, 0.3) is 0 Å². The van der Waals surface area contributed by atoms with Crippen molar-refractivity contribution in [3.63, 3.8) is 0 Å². The van der Waals surface area contributed by atoms with E-state index in [1.54, 1.807) is 42.5 Å². The Morgan fingerprint density at radius 3 is 2.05 bits per heavy atom. The number of halogens is 1. The third kappa shape index (κ3) is 3.42. The zero-order valence-corrected chi connectivity index (χ0v) is 11.9. The molecule has 0 heterocycles. The lowest BCUT2D eigenvalue weighted by Crippen LogP contribution is -2.12. The Labute approximate surface area is 122 Å². The van der Waals surface area contributed by atoms with E-state index in [2.05, 4.69) is 5.32 Å². The van der Waals surface area contributed by atoms with Crippen molar-refractivity contribution in [2.24, 2.45) is 0 Å². The molecule has 0 spiro atoms. The summed E-state index contributed by atoms with van der Waals surface area (Å²) in [5, 5.41) is 3.40. The van der Waals surface area contributed by atoms with Gasteiger partial charge in [0.15, 0.2) is 0 Å². The molecule has 1 amide bonds. The van der Waals surface area contributed by atoms with Crippen LogP contribution in [0.4, 0.5) is 5.69 Å². The van der Waals surface area contributed by atoms with Gasteiger partial charge in [-0.3, -0.25) is 4.79 Å². The van der Waals surface area contributed by atoms with Gasteiger partial charge < -0.3 is 14.8 Å². The van der Waals surface area contributed by atoms with Gasteiger partial charge in [-0.05, 0) is 36.4 Å². The molecule has 2 rings (SSSR count). The highest BCUT2D eigenvalue weighted by atomic mass is 35.5. The van der Waals surface area contributed by atoms with Crippen LogP contribution < -0.4 is 14.8 Å². The largest absolute Gasteiger partial charge is 0.497 e. The van der Waals surface area contributed by atoms with Crippen LogP contribution in [0.2, 0.25) is 5.02 Å². The van der Waals surface area contributed by atoms with Gasteiger partial charge >= 0.3 is 0 Å². The topological polar surface area (TPSA) is 47.6 Å². The lowest BCUT2D eigenvalue weighted by molar-refractivity contribution is 0.102. The van der Waals surface area contributed by atoms with Crippen LogP contribution in [0.5, 0.6) is 11.5 Å². The number of rotatable bonds is 4. The smallest absolute Gasteiger partial charge is 0.255 e. The van der Waals surface area contributed by atoms with Crippen molar-refractivity contribution in [2.75, 3.05) is 19.5 Å². The molecular formula is C15H14ClNO3. The first kappa shape index (κ1) is 14.2. The lowest BCUT2D eigenvalue weighted by atomic mass is 10.2. The third-order valence-electron chi connectivity index (χ3n) is 2.72. The average molecular weight is 292 g/mol. The molecule has 0 aliphatic rings. The number of ether oxygens (including phenoxy) is 2. The van der Waals surface area contributed by atoms with E-state index < -0.39 is 0 Å². The van der Waals surface area contributed by atoms with E-state index in [0.29, 0.717) is 27.8 Å². The van der Waals surface area contributed by atoms with Gasteiger partial charge in [-0.2, -0.15) is 0 Å². The fourth-order valence-electron chi connectivity index (χ4n) is 1.68. The standard InChI is InChI=1S/C15H14ClNO3/c1-19-13-7-10(8-14(9-13)20-2)15(18)17-12-5-3-11(16)4-6-12/h3-9H,1-2H3,(H,17,18). The monoisotopic (exact) mass is 291 g/mol. The number of anilines is 1. The summed E-state index contributed by atoms with van der Waals surface area (Å²) in [6.07, 6.45) is 0. The molecule has 0 fully saturated rings. The molecule has 0 saturated heterocycles. The summed E-state index contributed by atoms with van der Waals surface area (Å²) in [6.45, 7) is 0. The Kier molecular flexibility index (Phi) is 4.48. The predicted molar refractivity (Wildman–Crippen MR) is 79.0 cm³/mol. The Bertz CT molecular complexity index is 589. The van der Waals surface area contributed by atoms with Crippen LogP contribution in [0.3, 0.4) is 0 Å². The number of carbonyl (C=O) groups is 1. The van der Waals surface area contributed by atoms with Crippen molar-refractivity contribution in [3.05, 3.63) is 53.1 Å². The molecule has 0 atom stereocenters. The van der Waals surface area contributed by atoms with Gasteiger partial charge in [-0.1, -0.05) is 11.6 Å². The van der Waals surface area contributed by atoms with Crippen molar-refractivity contribution in [2.45, 2.75) is 0 Å². The fraction of sp³-hybridized carbons (Fsp3) is 0.133. The van der Waals surface area contributed by atoms with E-state index in [1.165, 1.54) is 14.2 Å². The molecule has 0 unspecified atom stereocenters. The number of amides is 1. The van der Waals surface area contributed by atoms with Crippen molar-refractivity contribution in [1.82, 2.24) is 0 Å². The maximum absolute atomic E-state index is 12.2. The third-order valence-corrected chi connectivity index (χ3v) is 2.97. The maximum Gasteiger partial charge on any atom is 0.255 e. The number of benzene rings is 2. The second kappa shape index (κ2) is 6.30. The van der Waals surface area contributed by atoms with Gasteiger partial charge in [0.1, 0.15) is 11.5 Å². The number of carbonyl (C=O) groups excluding carboxylic acids is 1. The summed E-state index contributed by atoms with van der Waals surface area (Å²) in [6, 6.07) is 11.9. The molecule has 0 aliphatic carbocycles. The summed E-state index contributed by atoms with van der Waals surface area (Å²) in [5.74, 6) is 0.876. The Morgan fingerprint density at radius 1 is 1.00 bits per heavy atom. The van der Waals surface area contributed by atoms with Gasteiger partial charge in [0.25, 0.3) is 5.91 Å². The van der Waals surface area contributed by atoms with E-state index >= 15 is 0 Å². The van der Waals surface area contributed by atoms with Crippen molar-refractivity contribution in [3.8, 4) is 11.5 Å². The normalized spacial score (nSPS) is 9.95. The molecule has 1 N–H and O–H groups in total. The first-order valence-electron chi connectivity index (χ1n) is 5.92. The number of methoxy groups -OCH3 is 2. The highest BCUT2D eigenvalue weighted by Gasteiger charge is 2.10. The zero-order valence-electron chi connectivity index (χ0n) is 11.1. The van der Waals surface area contributed by atoms with Crippen molar-refractivity contribution < 1.29 is 14.3 Å². The molecule has 20 heavy (non-hydrogen) atoms. The summed E-state index contributed by atoms with van der Waals surface area (Å²) < 4.78 is 10.3. The Morgan fingerprint density at radius 2 is 1.55 bits per heavy atom. The minimum absolute atomic E-state index is 0.246. The van der Waals surface area contributed by atoms with Crippen molar-refractivity contribution >= 4 is 23.2 Å². The summed E-state index contributed by atoms with van der Waals surface area (Å²) in [4.78, 5) is 12.2. The summed E-state index contributed by atoms with van der Waals surface area (Å²) in [7, 11) is 3.07. The molecule has 0 bridgehead atoms. The van der Waals surface area contributed by atoms with Crippen LogP contribution in [0, 0.1) is 0 Å². The Hall–Kier alpha value is -2.20. The van der Waals surface area contributed by atoms with Crippen LogP contribution in [-0.2, 0) is 0 Å². The molecule has 2 aromatic carbocycles. The van der Waals surface area contributed by atoms with Gasteiger partial charge in [-0.15, -0.1) is 0 Å². The molecule has 0 aliphatic heterocycles. The molecule has 0 aromatic heterocycles. The second-order valence-corrected chi connectivity index (χ2v) is 4.50. The average Bonchev–Trinajstić information content (AvgIpc) is 2.48. The number of hydrogen-bond donors (Lipinski definition) is 1. The highest BCUT2D eigenvalue weighted by Crippen LogP contribution is 2.23. The maximum atomic E-state index is 12.2. The van der Waals surface area contributed by atoms with E-state index in [4.69, 9.17) is 21.1 Å². The number of hydrogen-bond acceptors (Lipinski definition) is 3. The zero-order chi connectivity index (χ0) is 14.5. The molecule has 2 aromatic rings.